The Morgan fingerprint density at radius 2 is 2.05 bits per heavy atom. The quantitative estimate of drug-likeness (QED) is 0.806. The van der Waals surface area contributed by atoms with Gasteiger partial charge in [0.1, 0.15) is 0 Å². The van der Waals surface area contributed by atoms with Crippen LogP contribution in [0.2, 0.25) is 0 Å². The molecule has 3 nitrogen and oxygen atoms in total. The SMILES string of the molecule is Cc1[nH]c2ccccc2c1C(C)(C)CNCCC#N. The molecule has 0 unspecified atom stereocenters. The molecule has 0 amide bonds. The van der Waals surface area contributed by atoms with Gasteiger partial charge in [-0.05, 0) is 18.6 Å². The van der Waals surface area contributed by atoms with Crippen molar-refractivity contribution in [3.8, 4) is 6.07 Å². The fourth-order valence-electron chi connectivity index (χ4n) is 2.78. The van der Waals surface area contributed by atoms with Crippen molar-refractivity contribution in [1.82, 2.24) is 10.3 Å². The van der Waals surface area contributed by atoms with Crippen molar-refractivity contribution in [1.29, 1.82) is 5.26 Å². The van der Waals surface area contributed by atoms with Gasteiger partial charge in [0, 0.05) is 41.5 Å². The maximum Gasteiger partial charge on any atom is 0.0635 e. The van der Waals surface area contributed by atoms with Crippen LogP contribution in [0.1, 0.15) is 31.5 Å². The molecule has 0 saturated carbocycles. The number of hydrogen-bond donors (Lipinski definition) is 2. The second kappa shape index (κ2) is 5.46. The summed E-state index contributed by atoms with van der Waals surface area (Å²) >= 11 is 0. The zero-order valence-corrected chi connectivity index (χ0v) is 11.9. The van der Waals surface area contributed by atoms with Gasteiger partial charge in [-0.15, -0.1) is 0 Å². The number of nitriles is 1. The van der Waals surface area contributed by atoms with Gasteiger partial charge in [0.25, 0.3) is 0 Å². The minimum absolute atomic E-state index is 0.0408. The molecule has 0 aliphatic rings. The van der Waals surface area contributed by atoms with Gasteiger partial charge >= 0.3 is 0 Å². The number of para-hydroxylation sites is 1. The van der Waals surface area contributed by atoms with Crippen LogP contribution in [0.25, 0.3) is 10.9 Å². The molecule has 2 N–H and O–H groups in total. The van der Waals surface area contributed by atoms with Crippen molar-refractivity contribution in [2.75, 3.05) is 13.1 Å². The number of hydrogen-bond acceptors (Lipinski definition) is 2. The molecule has 0 bridgehead atoms. The number of fused-ring (bicyclic) bond motifs is 1. The van der Waals surface area contributed by atoms with Crippen molar-refractivity contribution < 1.29 is 0 Å². The van der Waals surface area contributed by atoms with Gasteiger partial charge in [0.05, 0.1) is 6.07 Å². The van der Waals surface area contributed by atoms with Crippen LogP contribution in [0, 0.1) is 18.3 Å². The Hall–Kier alpha value is -1.79. The van der Waals surface area contributed by atoms with Crippen LogP contribution in [0.15, 0.2) is 24.3 Å². The average molecular weight is 255 g/mol. The summed E-state index contributed by atoms with van der Waals surface area (Å²) in [6.45, 7) is 8.25. The molecular weight excluding hydrogens is 234 g/mol. The predicted molar refractivity (Wildman–Crippen MR) is 79.2 cm³/mol. The Kier molecular flexibility index (Phi) is 3.92. The molecule has 0 aliphatic carbocycles. The predicted octanol–water partition coefficient (Wildman–Crippen LogP) is 3.26. The highest BCUT2D eigenvalue weighted by Gasteiger charge is 2.25. The van der Waals surface area contributed by atoms with Gasteiger partial charge in [-0.2, -0.15) is 5.26 Å². The Bertz CT molecular complexity index is 602. The van der Waals surface area contributed by atoms with E-state index in [-0.39, 0.29) is 5.41 Å². The van der Waals surface area contributed by atoms with E-state index in [0.717, 1.165) is 13.1 Å². The second-order valence-corrected chi connectivity index (χ2v) is 5.64. The van der Waals surface area contributed by atoms with Crippen molar-refractivity contribution >= 4 is 10.9 Å². The van der Waals surface area contributed by atoms with E-state index in [4.69, 9.17) is 5.26 Å². The summed E-state index contributed by atoms with van der Waals surface area (Å²) in [4.78, 5) is 3.45. The molecule has 19 heavy (non-hydrogen) atoms. The van der Waals surface area contributed by atoms with Crippen molar-refractivity contribution in [3.63, 3.8) is 0 Å². The first-order valence-corrected chi connectivity index (χ1v) is 6.72. The van der Waals surface area contributed by atoms with Gasteiger partial charge in [-0.1, -0.05) is 32.0 Å². The minimum atomic E-state index is 0.0408. The molecule has 0 saturated heterocycles. The third-order valence-electron chi connectivity index (χ3n) is 3.55. The third-order valence-corrected chi connectivity index (χ3v) is 3.55. The number of H-pyrrole nitrogens is 1. The first kappa shape index (κ1) is 13.6. The van der Waals surface area contributed by atoms with E-state index < -0.39 is 0 Å². The summed E-state index contributed by atoms with van der Waals surface area (Å²) in [6.07, 6.45) is 0.558. The number of benzene rings is 1. The Balaban J connectivity index is 2.27. The smallest absolute Gasteiger partial charge is 0.0635 e. The topological polar surface area (TPSA) is 51.6 Å². The lowest BCUT2D eigenvalue weighted by Gasteiger charge is -2.26. The highest BCUT2D eigenvalue weighted by Crippen LogP contribution is 2.32. The van der Waals surface area contributed by atoms with E-state index in [1.54, 1.807) is 0 Å². The summed E-state index contributed by atoms with van der Waals surface area (Å²) in [5.74, 6) is 0. The molecule has 0 spiro atoms. The molecule has 0 fully saturated rings. The van der Waals surface area contributed by atoms with E-state index in [2.05, 4.69) is 61.4 Å². The van der Waals surface area contributed by atoms with E-state index in [1.165, 1.54) is 22.2 Å². The largest absolute Gasteiger partial charge is 0.358 e. The van der Waals surface area contributed by atoms with E-state index in [1.807, 2.05) is 0 Å². The lowest BCUT2D eigenvalue weighted by atomic mass is 9.82. The second-order valence-electron chi connectivity index (χ2n) is 5.64. The van der Waals surface area contributed by atoms with Crippen molar-refractivity contribution in [2.24, 2.45) is 0 Å². The molecule has 0 aliphatic heterocycles. The minimum Gasteiger partial charge on any atom is -0.358 e. The summed E-state index contributed by atoms with van der Waals surface area (Å²) in [5, 5.41) is 13.2. The summed E-state index contributed by atoms with van der Waals surface area (Å²) in [5.41, 5.74) is 3.83. The van der Waals surface area contributed by atoms with E-state index in [0.29, 0.717) is 6.42 Å². The number of rotatable bonds is 5. The van der Waals surface area contributed by atoms with Crippen LogP contribution in [-0.2, 0) is 5.41 Å². The van der Waals surface area contributed by atoms with Crippen LogP contribution >= 0.6 is 0 Å². The fourth-order valence-corrected chi connectivity index (χ4v) is 2.78. The molecule has 0 atom stereocenters. The Morgan fingerprint density at radius 1 is 1.32 bits per heavy atom. The maximum atomic E-state index is 8.57. The number of nitrogens with zero attached hydrogens (tertiary/aromatic N) is 1. The Labute approximate surface area is 114 Å². The molecule has 1 heterocycles. The number of aromatic amines is 1. The summed E-state index contributed by atoms with van der Waals surface area (Å²) < 4.78 is 0. The van der Waals surface area contributed by atoms with Crippen LogP contribution in [0.4, 0.5) is 0 Å². The summed E-state index contributed by atoms with van der Waals surface area (Å²) in [7, 11) is 0. The van der Waals surface area contributed by atoms with Gasteiger partial charge < -0.3 is 10.3 Å². The lowest BCUT2D eigenvalue weighted by molar-refractivity contribution is 0.474. The molecule has 1 aromatic heterocycles. The summed E-state index contributed by atoms with van der Waals surface area (Å²) in [6, 6.07) is 10.6. The van der Waals surface area contributed by atoms with Gasteiger partial charge in [-0.3, -0.25) is 0 Å². The van der Waals surface area contributed by atoms with Crippen LogP contribution in [-0.4, -0.2) is 18.1 Å². The fraction of sp³-hybridized carbons (Fsp3) is 0.438. The molecule has 2 aromatic rings. The third kappa shape index (κ3) is 2.80. The van der Waals surface area contributed by atoms with E-state index >= 15 is 0 Å². The van der Waals surface area contributed by atoms with Crippen LogP contribution in [0.3, 0.4) is 0 Å². The molecule has 0 radical (unpaired) electrons. The average Bonchev–Trinajstić information content (AvgIpc) is 2.71. The lowest BCUT2D eigenvalue weighted by Crippen LogP contribution is -2.33. The zero-order valence-electron chi connectivity index (χ0n) is 11.9. The van der Waals surface area contributed by atoms with Crippen LogP contribution in [0.5, 0.6) is 0 Å². The van der Waals surface area contributed by atoms with Crippen LogP contribution < -0.4 is 5.32 Å². The number of aromatic nitrogens is 1. The van der Waals surface area contributed by atoms with Gasteiger partial charge in [-0.25, -0.2) is 0 Å². The molecule has 100 valence electrons. The van der Waals surface area contributed by atoms with Crippen molar-refractivity contribution in [2.45, 2.75) is 32.6 Å². The van der Waals surface area contributed by atoms with Gasteiger partial charge in [0.2, 0.25) is 0 Å². The Morgan fingerprint density at radius 3 is 2.79 bits per heavy atom. The molecular formula is C16H21N3. The number of nitrogens with one attached hydrogen (secondary N) is 2. The standard InChI is InChI=1S/C16H21N3/c1-12-15(13-7-4-5-8-14(13)19-12)16(2,3)11-18-10-6-9-17/h4-5,7-8,18-19H,6,10-11H2,1-3H3. The van der Waals surface area contributed by atoms with Crippen molar-refractivity contribution in [3.05, 3.63) is 35.5 Å². The molecule has 1 aromatic carbocycles. The monoisotopic (exact) mass is 255 g/mol. The highest BCUT2D eigenvalue weighted by molar-refractivity contribution is 5.85. The zero-order chi connectivity index (χ0) is 13.9. The van der Waals surface area contributed by atoms with E-state index in [9.17, 15) is 0 Å². The first-order chi connectivity index (χ1) is 9.06. The highest BCUT2D eigenvalue weighted by atomic mass is 14.9. The number of aryl methyl sites for hydroxylation is 1. The molecule has 3 heteroatoms. The normalized spacial score (nSPS) is 11.7. The molecule has 2 rings (SSSR count). The maximum absolute atomic E-state index is 8.57. The van der Waals surface area contributed by atoms with Gasteiger partial charge in [0.15, 0.2) is 0 Å². The first-order valence-electron chi connectivity index (χ1n) is 6.72.